The van der Waals surface area contributed by atoms with Crippen LogP contribution in [-0.4, -0.2) is 41.1 Å². The number of ether oxygens (including phenoxy) is 1. The number of nitrogens with one attached hydrogen (secondary N) is 1. The van der Waals surface area contributed by atoms with Gasteiger partial charge in [-0.05, 0) is 25.6 Å². The molecular weight excluding hydrogens is 326 g/mol. The van der Waals surface area contributed by atoms with Gasteiger partial charge in [0.2, 0.25) is 5.91 Å². The fourth-order valence-electron chi connectivity index (χ4n) is 2.23. The largest absolute Gasteiger partial charge is 0.495 e. The van der Waals surface area contributed by atoms with Gasteiger partial charge in [0.15, 0.2) is 0 Å². The Kier molecular flexibility index (Phi) is 6.72. The molecule has 1 unspecified atom stereocenters. The summed E-state index contributed by atoms with van der Waals surface area (Å²) >= 11 is 1.47. The first-order valence-electron chi connectivity index (χ1n) is 7.81. The molecule has 6 nitrogen and oxygen atoms in total. The van der Waals surface area contributed by atoms with Crippen molar-refractivity contribution in [3.8, 4) is 5.75 Å². The smallest absolute Gasteiger partial charge is 0.238 e. The van der Waals surface area contributed by atoms with Crippen LogP contribution in [0.15, 0.2) is 30.5 Å². The minimum Gasteiger partial charge on any atom is -0.495 e. The Labute approximate surface area is 146 Å². The van der Waals surface area contributed by atoms with E-state index in [4.69, 9.17) is 4.74 Å². The number of aromatic nitrogens is 1. The van der Waals surface area contributed by atoms with Crippen LogP contribution in [0.25, 0.3) is 0 Å². The average Bonchev–Trinajstić information content (AvgIpc) is 3.03. The predicted octanol–water partition coefficient (Wildman–Crippen LogP) is 2.67. The Morgan fingerprint density at radius 2 is 2.21 bits per heavy atom. The molecule has 1 aromatic heterocycles. The lowest BCUT2D eigenvalue weighted by Crippen LogP contribution is -2.32. The molecule has 0 saturated carbocycles. The van der Waals surface area contributed by atoms with Crippen molar-refractivity contribution >= 4 is 22.9 Å². The molecule has 1 atom stereocenters. The molecule has 2 N–H and O–H groups in total. The monoisotopic (exact) mass is 349 g/mol. The van der Waals surface area contributed by atoms with E-state index in [9.17, 15) is 9.90 Å². The van der Waals surface area contributed by atoms with E-state index in [1.807, 2.05) is 36.1 Å². The maximum atomic E-state index is 12.3. The molecule has 0 spiro atoms. The molecule has 0 aliphatic carbocycles. The summed E-state index contributed by atoms with van der Waals surface area (Å²) in [4.78, 5) is 19.5. The Balaban J connectivity index is 1.95. The number of amides is 1. The van der Waals surface area contributed by atoms with E-state index in [2.05, 4.69) is 10.3 Å². The Bertz CT molecular complexity index is 673. The van der Waals surface area contributed by atoms with Crippen molar-refractivity contribution in [2.24, 2.45) is 0 Å². The van der Waals surface area contributed by atoms with Crippen LogP contribution >= 0.6 is 11.3 Å². The van der Waals surface area contributed by atoms with Crippen LogP contribution in [0, 0.1) is 0 Å². The second-order valence-corrected chi connectivity index (χ2v) is 6.54. The summed E-state index contributed by atoms with van der Waals surface area (Å²) in [6.45, 7) is 5.34. The van der Waals surface area contributed by atoms with Gasteiger partial charge in [-0.15, -0.1) is 11.3 Å². The fraction of sp³-hybridized carbons (Fsp3) is 0.412. The van der Waals surface area contributed by atoms with Gasteiger partial charge in [0.1, 0.15) is 16.9 Å². The zero-order chi connectivity index (χ0) is 17.5. The number of hydrogen-bond acceptors (Lipinski definition) is 6. The molecule has 0 aliphatic heterocycles. The number of aliphatic hydroxyl groups is 1. The standard InChI is InChI=1S/C17H23N3O3S/c1-4-20(10-13-9-18-17(24-13)12(2)21)11-16(22)19-14-7-5-6-8-15(14)23-3/h5-9,12,21H,4,10-11H2,1-3H3,(H,19,22). The molecule has 0 saturated heterocycles. The molecule has 130 valence electrons. The van der Waals surface area contributed by atoms with Crippen molar-refractivity contribution in [1.29, 1.82) is 0 Å². The van der Waals surface area contributed by atoms with Crippen molar-refractivity contribution in [1.82, 2.24) is 9.88 Å². The number of hydrogen-bond donors (Lipinski definition) is 2. The summed E-state index contributed by atoms with van der Waals surface area (Å²) in [6, 6.07) is 7.33. The normalized spacial score (nSPS) is 12.2. The molecule has 2 rings (SSSR count). The zero-order valence-corrected chi connectivity index (χ0v) is 15.0. The summed E-state index contributed by atoms with van der Waals surface area (Å²) in [5.41, 5.74) is 0.662. The maximum absolute atomic E-state index is 12.3. The zero-order valence-electron chi connectivity index (χ0n) is 14.2. The maximum Gasteiger partial charge on any atom is 0.238 e. The number of thiazole rings is 1. The highest BCUT2D eigenvalue weighted by molar-refractivity contribution is 7.11. The van der Waals surface area contributed by atoms with Gasteiger partial charge in [-0.25, -0.2) is 4.98 Å². The van der Waals surface area contributed by atoms with Crippen LogP contribution in [0.4, 0.5) is 5.69 Å². The van der Waals surface area contributed by atoms with E-state index in [0.717, 1.165) is 11.4 Å². The highest BCUT2D eigenvalue weighted by Gasteiger charge is 2.14. The number of rotatable bonds is 8. The van der Waals surface area contributed by atoms with Crippen LogP contribution in [-0.2, 0) is 11.3 Å². The highest BCUT2D eigenvalue weighted by Crippen LogP contribution is 2.23. The Morgan fingerprint density at radius 1 is 1.46 bits per heavy atom. The predicted molar refractivity (Wildman–Crippen MR) is 95.3 cm³/mol. The molecule has 1 heterocycles. The molecule has 24 heavy (non-hydrogen) atoms. The molecular formula is C17H23N3O3S. The van der Waals surface area contributed by atoms with Gasteiger partial charge in [-0.2, -0.15) is 0 Å². The number of likely N-dealkylation sites (N-methyl/N-ethyl adjacent to an activating group) is 1. The van der Waals surface area contributed by atoms with E-state index in [-0.39, 0.29) is 12.5 Å². The molecule has 7 heteroatoms. The van der Waals surface area contributed by atoms with Crippen molar-refractivity contribution in [3.05, 3.63) is 40.3 Å². The lowest BCUT2D eigenvalue weighted by Gasteiger charge is -2.19. The van der Waals surface area contributed by atoms with Crippen LogP contribution in [0.1, 0.15) is 29.8 Å². The number of benzene rings is 1. The van der Waals surface area contributed by atoms with Gasteiger partial charge in [0.05, 0.1) is 19.3 Å². The summed E-state index contributed by atoms with van der Waals surface area (Å²) < 4.78 is 5.24. The molecule has 1 amide bonds. The van der Waals surface area contributed by atoms with Gasteiger partial charge in [-0.3, -0.25) is 9.69 Å². The van der Waals surface area contributed by atoms with E-state index in [1.165, 1.54) is 11.3 Å². The first-order valence-corrected chi connectivity index (χ1v) is 8.63. The van der Waals surface area contributed by atoms with Gasteiger partial charge >= 0.3 is 0 Å². The molecule has 0 fully saturated rings. The summed E-state index contributed by atoms with van der Waals surface area (Å²) in [5, 5.41) is 13.1. The van der Waals surface area contributed by atoms with E-state index < -0.39 is 6.10 Å². The third-order valence-electron chi connectivity index (χ3n) is 3.50. The van der Waals surface area contributed by atoms with Crippen LogP contribution in [0.2, 0.25) is 0 Å². The number of carbonyl (C=O) groups excluding carboxylic acids is 1. The van der Waals surface area contributed by atoms with Gasteiger partial charge in [0.25, 0.3) is 0 Å². The van der Waals surface area contributed by atoms with E-state index in [0.29, 0.717) is 23.0 Å². The first-order chi connectivity index (χ1) is 11.5. The van der Waals surface area contributed by atoms with Crippen molar-refractivity contribution in [2.75, 3.05) is 25.5 Å². The quantitative estimate of drug-likeness (QED) is 0.766. The molecule has 2 aromatic rings. The number of methoxy groups -OCH3 is 1. The second-order valence-electron chi connectivity index (χ2n) is 5.39. The first kappa shape index (κ1) is 18.4. The number of para-hydroxylation sites is 2. The minimum absolute atomic E-state index is 0.0957. The fourth-order valence-corrected chi connectivity index (χ4v) is 3.13. The molecule has 0 aliphatic rings. The van der Waals surface area contributed by atoms with Gasteiger partial charge in [0, 0.05) is 17.6 Å². The van der Waals surface area contributed by atoms with Crippen molar-refractivity contribution in [3.63, 3.8) is 0 Å². The summed E-state index contributed by atoms with van der Waals surface area (Å²) in [5.74, 6) is 0.541. The number of carbonyl (C=O) groups is 1. The number of nitrogens with zero attached hydrogens (tertiary/aromatic N) is 2. The third-order valence-corrected chi connectivity index (χ3v) is 4.66. The van der Waals surface area contributed by atoms with Crippen LogP contribution in [0.5, 0.6) is 5.75 Å². The average molecular weight is 349 g/mol. The van der Waals surface area contributed by atoms with Crippen molar-refractivity contribution < 1.29 is 14.6 Å². The van der Waals surface area contributed by atoms with Gasteiger partial charge < -0.3 is 15.2 Å². The SMILES string of the molecule is CCN(CC(=O)Nc1ccccc1OC)Cc1cnc(C(C)O)s1. The number of aliphatic hydroxyl groups excluding tert-OH is 1. The minimum atomic E-state index is -0.562. The Morgan fingerprint density at radius 3 is 2.83 bits per heavy atom. The third kappa shape index (κ3) is 5.02. The highest BCUT2D eigenvalue weighted by atomic mass is 32.1. The molecule has 1 aromatic carbocycles. The molecule has 0 bridgehead atoms. The van der Waals surface area contributed by atoms with Gasteiger partial charge in [-0.1, -0.05) is 19.1 Å². The topological polar surface area (TPSA) is 74.7 Å². The van der Waals surface area contributed by atoms with Crippen molar-refractivity contribution in [2.45, 2.75) is 26.5 Å². The lowest BCUT2D eigenvalue weighted by molar-refractivity contribution is -0.117. The lowest BCUT2D eigenvalue weighted by atomic mass is 10.3. The van der Waals surface area contributed by atoms with E-state index >= 15 is 0 Å². The van der Waals surface area contributed by atoms with E-state index in [1.54, 1.807) is 20.2 Å². The molecule has 0 radical (unpaired) electrons. The van der Waals surface area contributed by atoms with Crippen LogP contribution in [0.3, 0.4) is 0 Å². The number of anilines is 1. The van der Waals surface area contributed by atoms with Crippen LogP contribution < -0.4 is 10.1 Å². The summed E-state index contributed by atoms with van der Waals surface area (Å²) in [7, 11) is 1.58. The Hall–Kier alpha value is -1.96. The second kappa shape index (κ2) is 8.77. The summed E-state index contributed by atoms with van der Waals surface area (Å²) in [6.07, 6.45) is 1.20.